The zero-order chi connectivity index (χ0) is 8.97. The minimum Gasteiger partial charge on any atom is -0.506 e. The molecule has 2 nitrogen and oxygen atoms in total. The van der Waals surface area contributed by atoms with Crippen molar-refractivity contribution in [3.63, 3.8) is 0 Å². The summed E-state index contributed by atoms with van der Waals surface area (Å²) in [6.45, 7) is 4.20. The van der Waals surface area contributed by atoms with Crippen LogP contribution < -0.4 is 5.32 Å². The number of para-hydroxylation sites is 2. The summed E-state index contributed by atoms with van der Waals surface area (Å²) < 4.78 is 0. The number of anilines is 1. The maximum absolute atomic E-state index is 9.39. The lowest BCUT2D eigenvalue weighted by molar-refractivity contribution is 0.476. The Morgan fingerprint density at radius 1 is 1.42 bits per heavy atom. The Bertz CT molecular complexity index is 247. The van der Waals surface area contributed by atoms with Crippen LogP contribution in [0.2, 0.25) is 0 Å². The molecule has 1 atom stereocenters. The summed E-state index contributed by atoms with van der Waals surface area (Å²) in [5, 5.41) is 12.6. The number of phenolic OH excluding ortho intramolecular Hbond substituents is 1. The van der Waals surface area contributed by atoms with Gasteiger partial charge >= 0.3 is 0 Å². The van der Waals surface area contributed by atoms with E-state index in [0.29, 0.717) is 11.8 Å². The molecule has 0 spiro atoms. The van der Waals surface area contributed by atoms with Crippen molar-refractivity contribution in [2.24, 2.45) is 0 Å². The van der Waals surface area contributed by atoms with Crippen LogP contribution in [0, 0.1) is 0 Å². The van der Waals surface area contributed by atoms with Crippen molar-refractivity contribution >= 4 is 5.69 Å². The van der Waals surface area contributed by atoms with Gasteiger partial charge in [-0.05, 0) is 25.5 Å². The topological polar surface area (TPSA) is 32.3 Å². The molecule has 2 N–H and O–H groups in total. The second-order valence-corrected chi connectivity index (χ2v) is 2.97. The largest absolute Gasteiger partial charge is 0.506 e. The number of benzene rings is 1. The SMILES string of the molecule is CCC(C)Nc1ccccc1O. The molecule has 0 aliphatic rings. The normalized spacial score (nSPS) is 12.5. The van der Waals surface area contributed by atoms with Gasteiger partial charge in [0, 0.05) is 6.04 Å². The first kappa shape index (κ1) is 8.91. The fourth-order valence-electron chi connectivity index (χ4n) is 0.963. The third-order valence-electron chi connectivity index (χ3n) is 1.92. The second-order valence-electron chi connectivity index (χ2n) is 2.97. The van der Waals surface area contributed by atoms with Gasteiger partial charge < -0.3 is 10.4 Å². The summed E-state index contributed by atoms with van der Waals surface area (Å²) in [6, 6.07) is 7.69. The summed E-state index contributed by atoms with van der Waals surface area (Å²) >= 11 is 0. The Morgan fingerprint density at radius 2 is 2.08 bits per heavy atom. The number of hydrogen-bond donors (Lipinski definition) is 2. The van der Waals surface area contributed by atoms with Crippen LogP contribution in [0.15, 0.2) is 24.3 Å². The molecule has 0 amide bonds. The van der Waals surface area contributed by atoms with Crippen LogP contribution in [0.5, 0.6) is 5.75 Å². The first-order valence-electron chi connectivity index (χ1n) is 4.28. The van der Waals surface area contributed by atoms with Crippen LogP contribution >= 0.6 is 0 Å². The molecular weight excluding hydrogens is 150 g/mol. The third-order valence-corrected chi connectivity index (χ3v) is 1.92. The predicted molar refractivity (Wildman–Crippen MR) is 51.5 cm³/mol. The van der Waals surface area contributed by atoms with Crippen LogP contribution in [-0.4, -0.2) is 11.1 Å². The first-order valence-corrected chi connectivity index (χ1v) is 4.28. The highest BCUT2D eigenvalue weighted by Gasteiger charge is 2.01. The standard InChI is InChI=1S/C10H15NO/c1-3-8(2)11-9-6-4-5-7-10(9)12/h4-8,11-12H,3H2,1-2H3. The van der Waals surface area contributed by atoms with E-state index in [1.165, 1.54) is 0 Å². The molecule has 1 unspecified atom stereocenters. The van der Waals surface area contributed by atoms with Crippen molar-refractivity contribution in [1.82, 2.24) is 0 Å². The van der Waals surface area contributed by atoms with E-state index in [1.54, 1.807) is 6.07 Å². The molecule has 0 aromatic heterocycles. The number of aromatic hydroxyl groups is 1. The second kappa shape index (κ2) is 4.00. The van der Waals surface area contributed by atoms with E-state index in [-0.39, 0.29) is 0 Å². The molecule has 0 saturated carbocycles. The highest BCUT2D eigenvalue weighted by atomic mass is 16.3. The zero-order valence-corrected chi connectivity index (χ0v) is 7.54. The molecule has 2 heteroatoms. The lowest BCUT2D eigenvalue weighted by Crippen LogP contribution is -2.13. The summed E-state index contributed by atoms with van der Waals surface area (Å²) in [5.41, 5.74) is 0.812. The maximum Gasteiger partial charge on any atom is 0.138 e. The Labute approximate surface area is 73.2 Å². The molecule has 1 rings (SSSR count). The summed E-state index contributed by atoms with van der Waals surface area (Å²) in [7, 11) is 0. The van der Waals surface area contributed by atoms with Gasteiger partial charge in [-0.2, -0.15) is 0 Å². The molecule has 0 radical (unpaired) electrons. The van der Waals surface area contributed by atoms with Crippen LogP contribution in [0.4, 0.5) is 5.69 Å². The fourth-order valence-corrected chi connectivity index (χ4v) is 0.963. The summed E-state index contributed by atoms with van der Waals surface area (Å²) in [5.74, 6) is 0.317. The average molecular weight is 165 g/mol. The molecule has 12 heavy (non-hydrogen) atoms. The van der Waals surface area contributed by atoms with Crippen LogP contribution in [0.25, 0.3) is 0 Å². The molecule has 0 fully saturated rings. The van der Waals surface area contributed by atoms with E-state index in [1.807, 2.05) is 18.2 Å². The van der Waals surface area contributed by atoms with Gasteiger partial charge in [0.05, 0.1) is 5.69 Å². The van der Waals surface area contributed by atoms with Gasteiger partial charge in [-0.15, -0.1) is 0 Å². The number of rotatable bonds is 3. The quantitative estimate of drug-likeness (QED) is 0.675. The van der Waals surface area contributed by atoms with E-state index in [4.69, 9.17) is 0 Å². The summed E-state index contributed by atoms with van der Waals surface area (Å²) in [6.07, 6.45) is 1.05. The van der Waals surface area contributed by atoms with Gasteiger partial charge in [0.15, 0.2) is 0 Å². The Balaban J connectivity index is 2.69. The molecule has 0 heterocycles. The Hall–Kier alpha value is -1.18. The van der Waals surface area contributed by atoms with Crippen molar-refractivity contribution < 1.29 is 5.11 Å². The average Bonchev–Trinajstić information content (AvgIpc) is 2.09. The third kappa shape index (κ3) is 2.16. The smallest absolute Gasteiger partial charge is 0.138 e. The van der Waals surface area contributed by atoms with E-state index in [2.05, 4.69) is 19.2 Å². The van der Waals surface area contributed by atoms with Gasteiger partial charge in [0.1, 0.15) is 5.75 Å². The van der Waals surface area contributed by atoms with Crippen molar-refractivity contribution in [3.05, 3.63) is 24.3 Å². The van der Waals surface area contributed by atoms with Crippen LogP contribution in [-0.2, 0) is 0 Å². The van der Waals surface area contributed by atoms with Gasteiger partial charge in [0.2, 0.25) is 0 Å². The van der Waals surface area contributed by atoms with E-state index in [0.717, 1.165) is 12.1 Å². The van der Waals surface area contributed by atoms with Gasteiger partial charge in [-0.1, -0.05) is 19.1 Å². The fraction of sp³-hybridized carbons (Fsp3) is 0.400. The number of hydrogen-bond acceptors (Lipinski definition) is 2. The lowest BCUT2D eigenvalue weighted by atomic mass is 10.2. The molecule has 66 valence electrons. The van der Waals surface area contributed by atoms with Gasteiger partial charge in [0.25, 0.3) is 0 Å². The Kier molecular flexibility index (Phi) is 2.97. The predicted octanol–water partition coefficient (Wildman–Crippen LogP) is 2.60. The zero-order valence-electron chi connectivity index (χ0n) is 7.54. The first-order chi connectivity index (χ1) is 5.74. The minimum absolute atomic E-state index is 0.317. The Morgan fingerprint density at radius 3 is 2.67 bits per heavy atom. The molecule has 1 aromatic carbocycles. The maximum atomic E-state index is 9.39. The number of phenols is 1. The highest BCUT2D eigenvalue weighted by molar-refractivity contribution is 5.55. The van der Waals surface area contributed by atoms with Gasteiger partial charge in [-0.25, -0.2) is 0 Å². The number of nitrogens with one attached hydrogen (secondary N) is 1. The van der Waals surface area contributed by atoms with E-state index < -0.39 is 0 Å². The monoisotopic (exact) mass is 165 g/mol. The van der Waals surface area contributed by atoms with Crippen LogP contribution in [0.3, 0.4) is 0 Å². The van der Waals surface area contributed by atoms with Crippen LogP contribution in [0.1, 0.15) is 20.3 Å². The molecular formula is C10H15NO. The molecule has 1 aromatic rings. The summed E-state index contributed by atoms with van der Waals surface area (Å²) in [4.78, 5) is 0. The molecule has 0 aliphatic carbocycles. The van der Waals surface area contributed by atoms with Crippen molar-refractivity contribution in [2.75, 3.05) is 5.32 Å². The van der Waals surface area contributed by atoms with Gasteiger partial charge in [-0.3, -0.25) is 0 Å². The molecule has 0 aliphatic heterocycles. The minimum atomic E-state index is 0.317. The van der Waals surface area contributed by atoms with E-state index in [9.17, 15) is 5.11 Å². The van der Waals surface area contributed by atoms with E-state index >= 15 is 0 Å². The highest BCUT2D eigenvalue weighted by Crippen LogP contribution is 2.22. The molecule has 0 bridgehead atoms. The van der Waals surface area contributed by atoms with Crippen molar-refractivity contribution in [3.8, 4) is 5.75 Å². The lowest BCUT2D eigenvalue weighted by Gasteiger charge is -2.13. The molecule has 0 saturated heterocycles. The van der Waals surface area contributed by atoms with Crippen molar-refractivity contribution in [2.45, 2.75) is 26.3 Å². The van der Waals surface area contributed by atoms with Crippen molar-refractivity contribution in [1.29, 1.82) is 0 Å².